The summed E-state index contributed by atoms with van der Waals surface area (Å²) in [4.78, 5) is 12.2. The van der Waals surface area contributed by atoms with E-state index < -0.39 is 12.3 Å². The van der Waals surface area contributed by atoms with E-state index in [0.717, 1.165) is 12.1 Å². The summed E-state index contributed by atoms with van der Waals surface area (Å²) in [6.45, 7) is 0.154. The second-order valence-electron chi connectivity index (χ2n) is 5.39. The minimum Gasteiger partial charge on any atom is -0.486 e. The fraction of sp³-hybridized carbons (Fsp3) is 0.105. The van der Waals surface area contributed by atoms with E-state index in [1.165, 1.54) is 18.2 Å². The third-order valence-electron chi connectivity index (χ3n) is 3.36. The standard InChI is InChI=1S/C19H14F3NO4/c20-19(21,22)27-15-8-6-13(7-9-15)23-18(24)17-11-10-16(26-17)12-25-14-4-2-1-3-5-14/h1-11H,12H2,(H,23,24). The van der Waals surface area contributed by atoms with Gasteiger partial charge in [0, 0.05) is 5.69 Å². The minimum absolute atomic E-state index is 0.0530. The molecule has 5 nitrogen and oxygen atoms in total. The number of hydrogen-bond acceptors (Lipinski definition) is 4. The fourth-order valence-electron chi connectivity index (χ4n) is 2.18. The Morgan fingerprint density at radius 2 is 1.63 bits per heavy atom. The van der Waals surface area contributed by atoms with Crippen LogP contribution in [0.15, 0.2) is 71.1 Å². The quantitative estimate of drug-likeness (QED) is 0.656. The van der Waals surface area contributed by atoms with Gasteiger partial charge in [-0.2, -0.15) is 0 Å². The number of carbonyl (C=O) groups is 1. The number of furan rings is 1. The van der Waals surface area contributed by atoms with Crippen molar-refractivity contribution >= 4 is 11.6 Å². The molecule has 0 bridgehead atoms. The van der Waals surface area contributed by atoms with E-state index >= 15 is 0 Å². The van der Waals surface area contributed by atoms with E-state index in [2.05, 4.69) is 10.1 Å². The number of para-hydroxylation sites is 1. The highest BCUT2D eigenvalue weighted by atomic mass is 19.4. The van der Waals surface area contributed by atoms with Gasteiger partial charge in [0.2, 0.25) is 0 Å². The van der Waals surface area contributed by atoms with Crippen LogP contribution in [0.3, 0.4) is 0 Å². The lowest BCUT2D eigenvalue weighted by molar-refractivity contribution is -0.274. The molecule has 0 unspecified atom stereocenters. The summed E-state index contributed by atoms with van der Waals surface area (Å²) >= 11 is 0. The second kappa shape index (κ2) is 7.86. The molecule has 140 valence electrons. The number of ether oxygens (including phenoxy) is 2. The van der Waals surface area contributed by atoms with Crippen molar-refractivity contribution in [1.82, 2.24) is 0 Å². The van der Waals surface area contributed by atoms with Crippen molar-refractivity contribution in [3.8, 4) is 11.5 Å². The number of anilines is 1. The highest BCUT2D eigenvalue weighted by molar-refractivity contribution is 6.02. The van der Waals surface area contributed by atoms with Gasteiger partial charge < -0.3 is 19.2 Å². The van der Waals surface area contributed by atoms with E-state index in [1.807, 2.05) is 18.2 Å². The number of benzene rings is 2. The van der Waals surface area contributed by atoms with Crippen LogP contribution < -0.4 is 14.8 Å². The van der Waals surface area contributed by atoms with Crippen LogP contribution in [0.2, 0.25) is 0 Å². The Morgan fingerprint density at radius 1 is 0.926 bits per heavy atom. The van der Waals surface area contributed by atoms with Gasteiger partial charge in [-0.25, -0.2) is 0 Å². The molecule has 0 spiro atoms. The van der Waals surface area contributed by atoms with Gasteiger partial charge in [0.05, 0.1) is 0 Å². The molecule has 8 heteroatoms. The first-order valence-corrected chi connectivity index (χ1v) is 7.83. The predicted molar refractivity (Wildman–Crippen MR) is 90.6 cm³/mol. The van der Waals surface area contributed by atoms with Gasteiger partial charge in [0.1, 0.15) is 23.9 Å². The van der Waals surface area contributed by atoms with Gasteiger partial charge in [0.25, 0.3) is 5.91 Å². The van der Waals surface area contributed by atoms with Crippen LogP contribution in [0.25, 0.3) is 0 Å². The molecule has 1 amide bonds. The molecule has 1 heterocycles. The van der Waals surface area contributed by atoms with Crippen LogP contribution in [0.5, 0.6) is 11.5 Å². The molecule has 1 aromatic heterocycles. The Kier molecular flexibility index (Phi) is 5.35. The molecule has 2 aromatic carbocycles. The summed E-state index contributed by atoms with van der Waals surface area (Å²) in [7, 11) is 0. The average Bonchev–Trinajstić information content (AvgIpc) is 3.10. The van der Waals surface area contributed by atoms with Crippen LogP contribution in [-0.2, 0) is 6.61 Å². The van der Waals surface area contributed by atoms with E-state index in [1.54, 1.807) is 18.2 Å². The minimum atomic E-state index is -4.77. The number of rotatable bonds is 6. The van der Waals surface area contributed by atoms with Gasteiger partial charge >= 0.3 is 6.36 Å². The molecule has 0 aliphatic carbocycles. The molecule has 1 N–H and O–H groups in total. The van der Waals surface area contributed by atoms with Gasteiger partial charge in [0.15, 0.2) is 5.76 Å². The Hall–Kier alpha value is -3.42. The van der Waals surface area contributed by atoms with Crippen molar-refractivity contribution < 1.29 is 31.9 Å². The first kappa shape index (κ1) is 18.4. The monoisotopic (exact) mass is 377 g/mol. The Labute approximate surface area is 152 Å². The molecule has 27 heavy (non-hydrogen) atoms. The summed E-state index contributed by atoms with van der Waals surface area (Å²) in [5, 5.41) is 2.53. The Bertz CT molecular complexity index is 889. The van der Waals surface area contributed by atoms with Crippen molar-refractivity contribution in [3.63, 3.8) is 0 Å². The van der Waals surface area contributed by atoms with Crippen molar-refractivity contribution in [2.45, 2.75) is 13.0 Å². The lowest BCUT2D eigenvalue weighted by Crippen LogP contribution is -2.17. The van der Waals surface area contributed by atoms with Crippen molar-refractivity contribution in [2.75, 3.05) is 5.32 Å². The number of halogens is 3. The van der Waals surface area contributed by atoms with Gasteiger partial charge in [-0.05, 0) is 48.5 Å². The first-order chi connectivity index (χ1) is 12.9. The number of carbonyl (C=O) groups excluding carboxylic acids is 1. The molecule has 3 rings (SSSR count). The normalized spacial score (nSPS) is 11.1. The van der Waals surface area contributed by atoms with Crippen molar-refractivity contribution in [1.29, 1.82) is 0 Å². The molecule has 0 aliphatic heterocycles. The SMILES string of the molecule is O=C(Nc1ccc(OC(F)(F)F)cc1)c1ccc(COc2ccccc2)o1. The van der Waals surface area contributed by atoms with Gasteiger partial charge in [-0.15, -0.1) is 13.2 Å². The van der Waals surface area contributed by atoms with Crippen molar-refractivity contribution in [2.24, 2.45) is 0 Å². The summed E-state index contributed by atoms with van der Waals surface area (Å²) in [6.07, 6.45) is -4.77. The maximum Gasteiger partial charge on any atom is 0.573 e. The maximum atomic E-state index is 12.2. The lowest BCUT2D eigenvalue weighted by Gasteiger charge is -2.09. The zero-order valence-corrected chi connectivity index (χ0v) is 13.8. The molecule has 0 saturated heterocycles. The Balaban J connectivity index is 1.56. The van der Waals surface area contributed by atoms with Crippen molar-refractivity contribution in [3.05, 3.63) is 78.3 Å². The molecule has 3 aromatic rings. The third kappa shape index (κ3) is 5.53. The third-order valence-corrected chi connectivity index (χ3v) is 3.36. The van der Waals surface area contributed by atoms with Crippen LogP contribution in [0, 0.1) is 0 Å². The smallest absolute Gasteiger partial charge is 0.486 e. The largest absolute Gasteiger partial charge is 0.573 e. The second-order valence-corrected chi connectivity index (χ2v) is 5.39. The Morgan fingerprint density at radius 3 is 2.30 bits per heavy atom. The number of amides is 1. The highest BCUT2D eigenvalue weighted by Crippen LogP contribution is 2.24. The summed E-state index contributed by atoms with van der Waals surface area (Å²) < 4.78 is 51.1. The molecular weight excluding hydrogens is 363 g/mol. The van der Waals surface area contributed by atoms with Gasteiger partial charge in [-0.1, -0.05) is 18.2 Å². The van der Waals surface area contributed by atoms with E-state index in [4.69, 9.17) is 9.15 Å². The van der Waals surface area contributed by atoms with E-state index in [9.17, 15) is 18.0 Å². The predicted octanol–water partition coefficient (Wildman–Crippen LogP) is 5.01. The fourth-order valence-corrected chi connectivity index (χ4v) is 2.18. The topological polar surface area (TPSA) is 60.7 Å². The highest BCUT2D eigenvalue weighted by Gasteiger charge is 2.31. The molecule has 0 atom stereocenters. The number of alkyl halides is 3. The lowest BCUT2D eigenvalue weighted by atomic mass is 10.3. The zero-order chi connectivity index (χ0) is 19.3. The van der Waals surface area contributed by atoms with Crippen LogP contribution >= 0.6 is 0 Å². The van der Waals surface area contributed by atoms with E-state index in [0.29, 0.717) is 17.2 Å². The van der Waals surface area contributed by atoms with Crippen LogP contribution in [0.4, 0.5) is 18.9 Å². The first-order valence-electron chi connectivity index (χ1n) is 7.83. The van der Waals surface area contributed by atoms with Gasteiger partial charge in [-0.3, -0.25) is 4.79 Å². The van der Waals surface area contributed by atoms with Crippen LogP contribution in [-0.4, -0.2) is 12.3 Å². The molecule has 0 fully saturated rings. The number of hydrogen-bond donors (Lipinski definition) is 1. The summed E-state index contributed by atoms with van der Waals surface area (Å²) in [6, 6.07) is 17.0. The maximum absolute atomic E-state index is 12.2. The molecule has 0 aliphatic rings. The number of nitrogens with one attached hydrogen (secondary N) is 1. The zero-order valence-electron chi connectivity index (χ0n) is 13.8. The van der Waals surface area contributed by atoms with E-state index in [-0.39, 0.29) is 18.1 Å². The summed E-state index contributed by atoms with van der Waals surface area (Å²) in [5.41, 5.74) is 0.299. The molecular formula is C19H14F3NO4. The molecule has 0 radical (unpaired) electrons. The summed E-state index contributed by atoms with van der Waals surface area (Å²) in [5.74, 6) is 0.264. The molecule has 0 saturated carbocycles. The average molecular weight is 377 g/mol. The van der Waals surface area contributed by atoms with Crippen LogP contribution in [0.1, 0.15) is 16.3 Å².